The Labute approximate surface area is 102 Å². The molecule has 92 valence electrons. The number of likely N-dealkylation sites (N-methyl/N-ethyl adjacent to an activating group) is 1. The Bertz CT molecular complexity index is 392. The number of carbonyl (C=O) groups excluding carboxylic acids is 1. The normalized spacial score (nSPS) is 23.5. The van der Waals surface area contributed by atoms with Gasteiger partial charge in [-0.3, -0.25) is 4.99 Å². The van der Waals surface area contributed by atoms with Crippen molar-refractivity contribution >= 4 is 11.8 Å². The second-order valence-corrected chi connectivity index (χ2v) is 3.77. The smallest absolute Gasteiger partial charge is 0.333 e. The van der Waals surface area contributed by atoms with E-state index < -0.39 is 6.04 Å². The van der Waals surface area contributed by atoms with Crippen LogP contribution in [0.5, 0.6) is 0 Å². The number of carbonyl (C=O) groups is 1. The molecule has 0 radical (unpaired) electrons. The van der Waals surface area contributed by atoms with Crippen LogP contribution in [0.4, 0.5) is 0 Å². The quantitative estimate of drug-likeness (QED) is 0.421. The van der Waals surface area contributed by atoms with Gasteiger partial charge in [0.2, 0.25) is 0 Å². The third kappa shape index (κ3) is 3.08. The van der Waals surface area contributed by atoms with Gasteiger partial charge in [0.1, 0.15) is 5.84 Å². The van der Waals surface area contributed by atoms with Crippen LogP contribution in [0, 0.1) is 0 Å². The highest BCUT2D eigenvalue weighted by Gasteiger charge is 2.35. The summed E-state index contributed by atoms with van der Waals surface area (Å²) in [5, 5.41) is 0. The maximum atomic E-state index is 11.7. The van der Waals surface area contributed by atoms with Crippen LogP contribution in [0.3, 0.4) is 0 Å². The minimum Gasteiger partial charge on any atom is -0.464 e. The van der Waals surface area contributed by atoms with Gasteiger partial charge in [-0.1, -0.05) is 12.7 Å². The molecular weight excluding hydrogens is 216 g/mol. The van der Waals surface area contributed by atoms with Crippen LogP contribution in [0.2, 0.25) is 0 Å². The first-order chi connectivity index (χ1) is 8.11. The molecule has 1 aliphatic heterocycles. The van der Waals surface area contributed by atoms with Gasteiger partial charge in [-0.15, -0.1) is 5.73 Å². The van der Waals surface area contributed by atoms with Gasteiger partial charge < -0.3 is 9.64 Å². The molecule has 0 aliphatic carbocycles. The molecule has 0 spiro atoms. The number of ether oxygens (including phenoxy) is 1. The van der Waals surface area contributed by atoms with Crippen molar-refractivity contribution < 1.29 is 9.53 Å². The molecule has 0 aromatic rings. The molecule has 2 atom stereocenters. The molecule has 17 heavy (non-hydrogen) atoms. The minimum absolute atomic E-state index is 0.0152. The molecule has 0 aromatic heterocycles. The van der Waals surface area contributed by atoms with Crippen LogP contribution in [0.25, 0.3) is 0 Å². The van der Waals surface area contributed by atoms with Gasteiger partial charge in [0.25, 0.3) is 0 Å². The number of aliphatic imine (C=N–C) groups is 1. The van der Waals surface area contributed by atoms with Crippen LogP contribution < -0.4 is 0 Å². The minimum atomic E-state index is -0.438. The Kier molecular flexibility index (Phi) is 4.73. The van der Waals surface area contributed by atoms with Crippen molar-refractivity contribution in [3.8, 4) is 0 Å². The molecule has 4 heteroatoms. The summed E-state index contributed by atoms with van der Waals surface area (Å²) in [4.78, 5) is 18.0. The van der Waals surface area contributed by atoms with Crippen LogP contribution in [-0.4, -0.2) is 42.4 Å². The van der Waals surface area contributed by atoms with Crippen molar-refractivity contribution in [2.24, 2.45) is 4.99 Å². The molecular formula is C13H18N2O2. The molecule has 0 fully saturated rings. The number of esters is 1. The topological polar surface area (TPSA) is 41.9 Å². The van der Waals surface area contributed by atoms with Crippen LogP contribution in [0.1, 0.15) is 13.8 Å². The maximum Gasteiger partial charge on any atom is 0.333 e. The fourth-order valence-electron chi connectivity index (χ4n) is 1.60. The van der Waals surface area contributed by atoms with Gasteiger partial charge in [0.05, 0.1) is 12.6 Å². The van der Waals surface area contributed by atoms with Crippen LogP contribution >= 0.6 is 0 Å². The summed E-state index contributed by atoms with van der Waals surface area (Å²) in [5.41, 5.74) is 2.65. The van der Waals surface area contributed by atoms with Crippen molar-refractivity contribution in [2.75, 3.05) is 13.7 Å². The van der Waals surface area contributed by atoms with E-state index in [0.29, 0.717) is 6.61 Å². The molecule has 0 bridgehead atoms. The average Bonchev–Trinajstić information content (AvgIpc) is 2.58. The number of rotatable bonds is 4. The Morgan fingerprint density at radius 2 is 2.41 bits per heavy atom. The van der Waals surface area contributed by atoms with Crippen molar-refractivity contribution in [1.82, 2.24) is 4.90 Å². The molecule has 0 saturated heterocycles. The molecule has 2 unspecified atom stereocenters. The highest BCUT2D eigenvalue weighted by atomic mass is 16.5. The van der Waals surface area contributed by atoms with Gasteiger partial charge in [-0.05, 0) is 26.0 Å². The first kappa shape index (κ1) is 13.3. The average molecular weight is 234 g/mol. The van der Waals surface area contributed by atoms with E-state index in [1.54, 1.807) is 19.1 Å². The largest absolute Gasteiger partial charge is 0.464 e. The summed E-state index contributed by atoms with van der Waals surface area (Å²) in [6.45, 7) is 7.59. The zero-order chi connectivity index (χ0) is 12.8. The lowest BCUT2D eigenvalue weighted by Crippen LogP contribution is -2.38. The predicted octanol–water partition coefficient (Wildman–Crippen LogP) is 1.55. The second-order valence-electron chi connectivity index (χ2n) is 3.77. The fraction of sp³-hybridized carbons (Fsp3) is 0.462. The lowest BCUT2D eigenvalue weighted by molar-refractivity contribution is -0.145. The summed E-state index contributed by atoms with van der Waals surface area (Å²) in [6.07, 6.45) is 5.31. The van der Waals surface area contributed by atoms with E-state index in [2.05, 4.69) is 17.3 Å². The molecule has 1 rings (SSSR count). The first-order valence-electron chi connectivity index (χ1n) is 5.61. The van der Waals surface area contributed by atoms with Gasteiger partial charge >= 0.3 is 5.97 Å². The van der Waals surface area contributed by atoms with Crippen molar-refractivity contribution in [3.63, 3.8) is 0 Å². The SMILES string of the molecule is C=C=C/C=C\C1=NC(C(=O)OCC)C(C)N1C. The Balaban J connectivity index is 2.82. The molecule has 4 nitrogen and oxygen atoms in total. The third-order valence-corrected chi connectivity index (χ3v) is 2.69. The van der Waals surface area contributed by atoms with Crippen LogP contribution in [-0.2, 0) is 9.53 Å². The summed E-state index contributed by atoms with van der Waals surface area (Å²) in [5.74, 6) is 0.497. The van der Waals surface area contributed by atoms with Crippen molar-refractivity contribution in [1.29, 1.82) is 0 Å². The molecule has 0 saturated carbocycles. The summed E-state index contributed by atoms with van der Waals surface area (Å²) in [6, 6.07) is -0.422. The zero-order valence-electron chi connectivity index (χ0n) is 10.5. The van der Waals surface area contributed by atoms with E-state index in [0.717, 1.165) is 5.84 Å². The van der Waals surface area contributed by atoms with E-state index >= 15 is 0 Å². The molecule has 0 aromatic carbocycles. The highest BCUT2D eigenvalue weighted by molar-refractivity contribution is 5.98. The van der Waals surface area contributed by atoms with Crippen LogP contribution in [0.15, 0.2) is 35.5 Å². The van der Waals surface area contributed by atoms with E-state index in [4.69, 9.17) is 4.74 Å². The number of hydrogen-bond donors (Lipinski definition) is 0. The second kappa shape index (κ2) is 6.06. The zero-order valence-corrected chi connectivity index (χ0v) is 10.5. The van der Waals surface area contributed by atoms with Gasteiger partial charge in [-0.2, -0.15) is 0 Å². The number of nitrogens with zero attached hydrogens (tertiary/aromatic N) is 2. The molecule has 0 amide bonds. The van der Waals surface area contributed by atoms with Gasteiger partial charge in [-0.25, -0.2) is 4.79 Å². The van der Waals surface area contributed by atoms with E-state index in [9.17, 15) is 4.79 Å². The Morgan fingerprint density at radius 3 is 3.00 bits per heavy atom. The summed E-state index contributed by atoms with van der Waals surface area (Å²) < 4.78 is 4.99. The summed E-state index contributed by atoms with van der Waals surface area (Å²) in [7, 11) is 1.91. The Hall–Kier alpha value is -1.80. The van der Waals surface area contributed by atoms with Crippen molar-refractivity contribution in [2.45, 2.75) is 25.9 Å². The maximum absolute atomic E-state index is 11.7. The lowest BCUT2D eigenvalue weighted by atomic mass is 10.1. The van der Waals surface area contributed by atoms with E-state index in [1.807, 2.05) is 24.9 Å². The monoisotopic (exact) mass is 234 g/mol. The molecule has 1 aliphatic rings. The standard InChI is InChI=1S/C13H18N2O2/c1-5-7-8-9-11-14-12(10(3)15(11)4)13(16)17-6-2/h7-10,12H,1,6H2,2-4H3/b9-8-. The molecule has 0 N–H and O–H groups in total. The first-order valence-corrected chi connectivity index (χ1v) is 5.61. The molecule has 1 heterocycles. The highest BCUT2D eigenvalue weighted by Crippen LogP contribution is 2.17. The Morgan fingerprint density at radius 1 is 1.71 bits per heavy atom. The van der Waals surface area contributed by atoms with Gasteiger partial charge in [0.15, 0.2) is 6.04 Å². The fourth-order valence-corrected chi connectivity index (χ4v) is 1.60. The van der Waals surface area contributed by atoms with Crippen molar-refractivity contribution in [3.05, 3.63) is 30.5 Å². The lowest BCUT2D eigenvalue weighted by Gasteiger charge is -2.20. The number of amidine groups is 1. The number of hydrogen-bond acceptors (Lipinski definition) is 4. The van der Waals surface area contributed by atoms with E-state index in [1.165, 1.54) is 0 Å². The third-order valence-electron chi connectivity index (χ3n) is 2.69. The predicted molar refractivity (Wildman–Crippen MR) is 67.9 cm³/mol. The summed E-state index contributed by atoms with van der Waals surface area (Å²) >= 11 is 0. The number of allylic oxidation sites excluding steroid dienone is 2. The van der Waals surface area contributed by atoms with E-state index in [-0.39, 0.29) is 12.0 Å². The van der Waals surface area contributed by atoms with Gasteiger partial charge in [0, 0.05) is 7.05 Å².